The van der Waals surface area contributed by atoms with Crippen molar-refractivity contribution < 1.29 is 13.2 Å². The Labute approximate surface area is 205 Å². The van der Waals surface area contributed by atoms with E-state index in [4.69, 9.17) is 0 Å². The van der Waals surface area contributed by atoms with Crippen LogP contribution in [0.1, 0.15) is 42.9 Å². The maximum absolute atomic E-state index is 15.0. The summed E-state index contributed by atoms with van der Waals surface area (Å²) in [6.45, 7) is 4.10. The summed E-state index contributed by atoms with van der Waals surface area (Å²) in [5.74, 6) is -1.49. The van der Waals surface area contributed by atoms with Crippen LogP contribution in [0, 0.1) is 17.5 Å². The van der Waals surface area contributed by atoms with E-state index in [9.17, 15) is 4.39 Å². The van der Waals surface area contributed by atoms with Crippen LogP contribution in [0.3, 0.4) is 0 Å². The van der Waals surface area contributed by atoms with E-state index < -0.39 is 17.5 Å². The van der Waals surface area contributed by atoms with Gasteiger partial charge in [0.1, 0.15) is 17.5 Å². The summed E-state index contributed by atoms with van der Waals surface area (Å²) in [5, 5.41) is 0. The number of benzene rings is 4. The van der Waals surface area contributed by atoms with Crippen LogP contribution in [0.25, 0.3) is 22.3 Å². The molecule has 0 saturated carbocycles. The summed E-state index contributed by atoms with van der Waals surface area (Å²) in [6.07, 6.45) is 6.01. The van der Waals surface area contributed by atoms with Crippen molar-refractivity contribution in [2.75, 3.05) is 0 Å². The quantitative estimate of drug-likeness (QED) is 0.225. The predicted molar refractivity (Wildman–Crippen MR) is 139 cm³/mol. The molecule has 0 radical (unpaired) electrons. The molecular weight excluding hydrogens is 441 g/mol. The normalized spacial score (nSPS) is 12.3. The average Bonchev–Trinajstić information content (AvgIpc) is 2.86. The Balaban J connectivity index is 1.53. The second kappa shape index (κ2) is 11.2. The van der Waals surface area contributed by atoms with Crippen molar-refractivity contribution in [1.82, 2.24) is 0 Å². The van der Waals surface area contributed by atoms with Crippen molar-refractivity contribution in [3.05, 3.63) is 131 Å². The first kappa shape index (κ1) is 24.5. The monoisotopic (exact) mass is 470 g/mol. The third-order valence-corrected chi connectivity index (χ3v) is 6.40. The molecule has 0 aliphatic heterocycles. The minimum absolute atomic E-state index is 0.198. The maximum Gasteiger partial charge on any atom is 0.134 e. The van der Waals surface area contributed by atoms with Crippen molar-refractivity contribution in [1.29, 1.82) is 0 Å². The molecule has 4 aromatic rings. The minimum Gasteiger partial charge on any atom is -0.207 e. The molecule has 0 saturated heterocycles. The Morgan fingerprint density at radius 3 is 1.97 bits per heavy atom. The fourth-order valence-electron chi connectivity index (χ4n) is 4.41. The lowest BCUT2D eigenvalue weighted by Gasteiger charge is -2.13. The van der Waals surface area contributed by atoms with Gasteiger partial charge >= 0.3 is 0 Å². The Morgan fingerprint density at radius 1 is 0.714 bits per heavy atom. The standard InChI is InChI=1S/C32H29F3/c1-3-4-6-11-26-16-17-27(19-29(26)33)32-30(34)20-28(21-31(32)35)25-14-12-23(13-15-25)18-22(2)24-9-7-5-8-10-24/h3-5,7-10,12-17,19-22H,6,11,18H2,1-2H3/b4-3+. The van der Waals surface area contributed by atoms with E-state index in [0.717, 1.165) is 17.5 Å². The Hall–Kier alpha value is -3.59. The second-order valence-electron chi connectivity index (χ2n) is 8.94. The van der Waals surface area contributed by atoms with Crippen LogP contribution < -0.4 is 0 Å². The summed E-state index contributed by atoms with van der Waals surface area (Å²) in [6, 6.07) is 25.1. The molecule has 0 nitrogen and oxygen atoms in total. The zero-order chi connectivity index (χ0) is 24.8. The van der Waals surface area contributed by atoms with Crippen LogP contribution in [0.4, 0.5) is 13.2 Å². The fraction of sp³-hybridized carbons (Fsp3) is 0.188. The molecule has 0 bridgehead atoms. The number of hydrogen-bond acceptors (Lipinski definition) is 0. The highest BCUT2D eigenvalue weighted by atomic mass is 19.1. The van der Waals surface area contributed by atoms with Gasteiger partial charge in [0.25, 0.3) is 0 Å². The Kier molecular flexibility index (Phi) is 7.87. The van der Waals surface area contributed by atoms with E-state index in [1.807, 2.05) is 61.5 Å². The zero-order valence-electron chi connectivity index (χ0n) is 20.1. The highest BCUT2D eigenvalue weighted by molar-refractivity contribution is 5.72. The van der Waals surface area contributed by atoms with E-state index in [-0.39, 0.29) is 11.1 Å². The zero-order valence-corrected chi connectivity index (χ0v) is 20.1. The number of hydrogen-bond donors (Lipinski definition) is 0. The van der Waals surface area contributed by atoms with E-state index in [0.29, 0.717) is 29.9 Å². The second-order valence-corrected chi connectivity index (χ2v) is 8.94. The maximum atomic E-state index is 15.0. The van der Waals surface area contributed by atoms with Gasteiger partial charge in [0.05, 0.1) is 5.56 Å². The smallest absolute Gasteiger partial charge is 0.134 e. The topological polar surface area (TPSA) is 0 Å². The molecule has 4 aromatic carbocycles. The van der Waals surface area contributed by atoms with Crippen LogP contribution in [0.2, 0.25) is 0 Å². The van der Waals surface area contributed by atoms with Gasteiger partial charge in [0, 0.05) is 0 Å². The SMILES string of the molecule is C/C=C/CCc1ccc(-c2c(F)cc(-c3ccc(CC(C)c4ccccc4)cc3)cc2F)cc1F. The lowest BCUT2D eigenvalue weighted by atomic mass is 9.92. The summed E-state index contributed by atoms with van der Waals surface area (Å²) in [4.78, 5) is 0. The molecule has 1 unspecified atom stereocenters. The van der Waals surface area contributed by atoms with Gasteiger partial charge in [-0.15, -0.1) is 0 Å². The molecular formula is C32H29F3. The molecule has 0 N–H and O–H groups in total. The van der Waals surface area contributed by atoms with Gasteiger partial charge in [-0.25, -0.2) is 13.2 Å². The van der Waals surface area contributed by atoms with Gasteiger partial charge in [0.15, 0.2) is 0 Å². The van der Waals surface area contributed by atoms with E-state index >= 15 is 8.78 Å². The summed E-state index contributed by atoms with van der Waals surface area (Å²) in [5.41, 5.74) is 4.15. The molecule has 0 fully saturated rings. The minimum atomic E-state index is -0.706. The largest absolute Gasteiger partial charge is 0.207 e. The molecule has 1 atom stereocenters. The molecule has 178 valence electrons. The average molecular weight is 471 g/mol. The van der Waals surface area contributed by atoms with Gasteiger partial charge < -0.3 is 0 Å². The number of halogens is 3. The first-order valence-electron chi connectivity index (χ1n) is 12.0. The number of rotatable bonds is 8. The lowest BCUT2D eigenvalue weighted by molar-refractivity contribution is 0.588. The van der Waals surface area contributed by atoms with Crippen molar-refractivity contribution in [3.8, 4) is 22.3 Å². The highest BCUT2D eigenvalue weighted by Gasteiger charge is 2.16. The lowest BCUT2D eigenvalue weighted by Crippen LogP contribution is -1.98. The molecule has 3 heteroatoms. The molecule has 0 aliphatic rings. The van der Waals surface area contributed by atoms with Gasteiger partial charge in [0.2, 0.25) is 0 Å². The molecule has 0 amide bonds. The van der Waals surface area contributed by atoms with Crippen molar-refractivity contribution in [2.45, 2.75) is 39.0 Å². The van der Waals surface area contributed by atoms with Crippen LogP contribution in [-0.4, -0.2) is 0 Å². The van der Waals surface area contributed by atoms with Gasteiger partial charge in [-0.2, -0.15) is 0 Å². The molecule has 0 spiro atoms. The summed E-state index contributed by atoms with van der Waals surface area (Å²) >= 11 is 0. The van der Waals surface area contributed by atoms with Gasteiger partial charge in [-0.3, -0.25) is 0 Å². The first-order valence-corrected chi connectivity index (χ1v) is 12.0. The molecule has 35 heavy (non-hydrogen) atoms. The van der Waals surface area contributed by atoms with Crippen LogP contribution in [0.5, 0.6) is 0 Å². The third kappa shape index (κ3) is 5.92. The van der Waals surface area contributed by atoms with Gasteiger partial charge in [-0.05, 0) is 83.7 Å². The molecule has 0 aromatic heterocycles. The number of aryl methyl sites for hydroxylation is 1. The number of allylic oxidation sites excluding steroid dienone is 2. The van der Waals surface area contributed by atoms with Crippen molar-refractivity contribution in [3.63, 3.8) is 0 Å². The Morgan fingerprint density at radius 2 is 1.34 bits per heavy atom. The molecule has 0 heterocycles. The highest BCUT2D eigenvalue weighted by Crippen LogP contribution is 2.32. The van der Waals surface area contributed by atoms with Crippen molar-refractivity contribution in [2.24, 2.45) is 0 Å². The van der Waals surface area contributed by atoms with Crippen molar-refractivity contribution >= 4 is 0 Å². The third-order valence-electron chi connectivity index (χ3n) is 6.40. The molecule has 0 aliphatic carbocycles. The summed E-state index contributed by atoms with van der Waals surface area (Å²) < 4.78 is 44.6. The first-order chi connectivity index (χ1) is 17.0. The van der Waals surface area contributed by atoms with E-state index in [2.05, 4.69) is 19.1 Å². The fourth-order valence-corrected chi connectivity index (χ4v) is 4.41. The summed E-state index contributed by atoms with van der Waals surface area (Å²) in [7, 11) is 0. The van der Waals surface area contributed by atoms with E-state index in [1.165, 1.54) is 23.8 Å². The van der Waals surface area contributed by atoms with Crippen LogP contribution >= 0.6 is 0 Å². The molecule has 4 rings (SSSR count). The van der Waals surface area contributed by atoms with E-state index in [1.54, 1.807) is 12.1 Å². The van der Waals surface area contributed by atoms with Crippen LogP contribution in [0.15, 0.2) is 97.1 Å². The van der Waals surface area contributed by atoms with Crippen LogP contribution in [-0.2, 0) is 12.8 Å². The van der Waals surface area contributed by atoms with Gasteiger partial charge in [-0.1, -0.05) is 85.8 Å². The predicted octanol–water partition coefficient (Wildman–Crippen LogP) is 9.29. The Bertz CT molecular complexity index is 1280.